The van der Waals surface area contributed by atoms with Gasteiger partial charge in [-0.3, -0.25) is 9.48 Å². The molecule has 0 spiro atoms. The summed E-state index contributed by atoms with van der Waals surface area (Å²) in [5, 5.41) is 25.7. The predicted octanol–water partition coefficient (Wildman–Crippen LogP) is 0.761. The third kappa shape index (κ3) is 2.42. The number of carbonyl (C=O) groups excluding carboxylic acids is 1. The molecule has 0 aliphatic carbocycles. The standard InChI is InChI=1S/C12H13N3O3/c1-15-6-5-8(14-15)7-13-12(18)11-9(16)3-2-4-10(11)17/h2-6,16-17H,7H2,1H3,(H,13,18). The number of amides is 1. The molecule has 1 aromatic heterocycles. The van der Waals surface area contributed by atoms with E-state index in [1.165, 1.54) is 18.2 Å². The first kappa shape index (κ1) is 12.0. The Morgan fingerprint density at radius 1 is 1.33 bits per heavy atom. The van der Waals surface area contributed by atoms with Crippen molar-refractivity contribution >= 4 is 5.91 Å². The molecule has 6 nitrogen and oxygen atoms in total. The Morgan fingerprint density at radius 2 is 2.00 bits per heavy atom. The third-order valence-corrected chi connectivity index (χ3v) is 2.45. The molecule has 1 heterocycles. The van der Waals surface area contributed by atoms with Crippen LogP contribution in [0.5, 0.6) is 11.5 Å². The number of phenolic OH excluding ortho intramolecular Hbond substituents is 2. The zero-order valence-corrected chi connectivity index (χ0v) is 9.79. The number of hydrogen-bond acceptors (Lipinski definition) is 4. The predicted molar refractivity (Wildman–Crippen MR) is 64.1 cm³/mol. The van der Waals surface area contributed by atoms with E-state index >= 15 is 0 Å². The molecule has 0 radical (unpaired) electrons. The first-order valence-electron chi connectivity index (χ1n) is 5.35. The van der Waals surface area contributed by atoms with Crippen molar-refractivity contribution in [3.8, 4) is 11.5 Å². The van der Waals surface area contributed by atoms with E-state index in [2.05, 4.69) is 10.4 Å². The number of nitrogens with zero attached hydrogens (tertiary/aromatic N) is 2. The van der Waals surface area contributed by atoms with Crippen LogP contribution in [0.1, 0.15) is 16.1 Å². The van der Waals surface area contributed by atoms with Crippen LogP contribution in [0.3, 0.4) is 0 Å². The summed E-state index contributed by atoms with van der Waals surface area (Å²) < 4.78 is 1.62. The van der Waals surface area contributed by atoms with Crippen LogP contribution in [-0.4, -0.2) is 25.9 Å². The van der Waals surface area contributed by atoms with Crippen LogP contribution in [0.25, 0.3) is 0 Å². The van der Waals surface area contributed by atoms with Crippen LogP contribution < -0.4 is 5.32 Å². The zero-order valence-electron chi connectivity index (χ0n) is 9.79. The van der Waals surface area contributed by atoms with Gasteiger partial charge in [-0.15, -0.1) is 0 Å². The van der Waals surface area contributed by atoms with E-state index < -0.39 is 5.91 Å². The molecule has 0 aliphatic rings. The fraction of sp³-hybridized carbons (Fsp3) is 0.167. The van der Waals surface area contributed by atoms with Crippen molar-refractivity contribution < 1.29 is 15.0 Å². The first-order valence-corrected chi connectivity index (χ1v) is 5.35. The van der Waals surface area contributed by atoms with E-state index in [-0.39, 0.29) is 23.6 Å². The molecule has 0 atom stereocenters. The monoisotopic (exact) mass is 247 g/mol. The van der Waals surface area contributed by atoms with Crippen molar-refractivity contribution in [3.05, 3.63) is 41.7 Å². The van der Waals surface area contributed by atoms with Crippen molar-refractivity contribution in [2.45, 2.75) is 6.54 Å². The lowest BCUT2D eigenvalue weighted by molar-refractivity contribution is 0.0945. The number of carbonyl (C=O) groups is 1. The van der Waals surface area contributed by atoms with E-state index in [0.29, 0.717) is 5.69 Å². The van der Waals surface area contributed by atoms with Crippen molar-refractivity contribution in [1.29, 1.82) is 0 Å². The van der Waals surface area contributed by atoms with Gasteiger partial charge in [0.15, 0.2) is 0 Å². The Kier molecular flexibility index (Phi) is 3.18. The fourth-order valence-electron chi connectivity index (χ4n) is 1.58. The number of benzene rings is 1. The molecule has 3 N–H and O–H groups in total. The van der Waals surface area contributed by atoms with Gasteiger partial charge in [0.1, 0.15) is 17.1 Å². The largest absolute Gasteiger partial charge is 0.507 e. The topological polar surface area (TPSA) is 87.4 Å². The minimum absolute atomic E-state index is 0.131. The number of nitrogens with one attached hydrogen (secondary N) is 1. The van der Waals surface area contributed by atoms with Gasteiger partial charge in [0.2, 0.25) is 0 Å². The number of phenols is 2. The molecule has 0 aliphatic heterocycles. The van der Waals surface area contributed by atoms with Crippen molar-refractivity contribution in [3.63, 3.8) is 0 Å². The molecule has 6 heteroatoms. The fourth-order valence-corrected chi connectivity index (χ4v) is 1.58. The number of aromatic hydroxyl groups is 2. The summed E-state index contributed by atoms with van der Waals surface area (Å²) >= 11 is 0. The summed E-state index contributed by atoms with van der Waals surface area (Å²) in [6.07, 6.45) is 1.76. The van der Waals surface area contributed by atoms with Gasteiger partial charge in [0.05, 0.1) is 12.2 Å². The molecule has 2 aromatic rings. The molecule has 0 saturated carbocycles. The summed E-state index contributed by atoms with van der Waals surface area (Å²) in [4.78, 5) is 11.8. The lowest BCUT2D eigenvalue weighted by Crippen LogP contribution is -2.23. The van der Waals surface area contributed by atoms with Gasteiger partial charge in [-0.1, -0.05) is 6.07 Å². The SMILES string of the molecule is Cn1ccc(CNC(=O)c2c(O)cccc2O)n1. The molecule has 0 unspecified atom stereocenters. The van der Waals surface area contributed by atoms with E-state index in [4.69, 9.17) is 0 Å². The van der Waals surface area contributed by atoms with Crippen LogP contribution in [-0.2, 0) is 13.6 Å². The Bertz CT molecular complexity index is 557. The Labute approximate surface area is 103 Å². The van der Waals surface area contributed by atoms with Gasteiger partial charge < -0.3 is 15.5 Å². The highest BCUT2D eigenvalue weighted by atomic mass is 16.3. The molecule has 0 bridgehead atoms. The van der Waals surface area contributed by atoms with Crippen molar-refractivity contribution in [2.24, 2.45) is 7.05 Å². The summed E-state index contributed by atoms with van der Waals surface area (Å²) in [5.41, 5.74) is 0.564. The summed E-state index contributed by atoms with van der Waals surface area (Å²) in [6, 6.07) is 5.91. The Hall–Kier alpha value is -2.50. The van der Waals surface area contributed by atoms with Gasteiger partial charge >= 0.3 is 0 Å². The summed E-state index contributed by atoms with van der Waals surface area (Å²) in [5.74, 6) is -1.06. The normalized spacial score (nSPS) is 10.3. The molecule has 1 aromatic carbocycles. The first-order chi connectivity index (χ1) is 8.58. The second-order valence-corrected chi connectivity index (χ2v) is 3.83. The maximum absolute atomic E-state index is 11.8. The Balaban J connectivity index is 2.08. The highest BCUT2D eigenvalue weighted by Crippen LogP contribution is 2.25. The lowest BCUT2D eigenvalue weighted by atomic mass is 10.1. The average molecular weight is 247 g/mol. The molecule has 18 heavy (non-hydrogen) atoms. The summed E-state index contributed by atoms with van der Waals surface area (Å²) in [7, 11) is 1.78. The minimum Gasteiger partial charge on any atom is -0.507 e. The molecular weight excluding hydrogens is 234 g/mol. The Morgan fingerprint density at radius 3 is 2.56 bits per heavy atom. The van der Waals surface area contributed by atoms with Crippen molar-refractivity contribution in [2.75, 3.05) is 0 Å². The number of aromatic nitrogens is 2. The summed E-state index contributed by atoms with van der Waals surface area (Å²) in [6.45, 7) is 0.230. The molecule has 2 rings (SSSR count). The van der Waals surface area contributed by atoms with Gasteiger partial charge in [0, 0.05) is 13.2 Å². The van der Waals surface area contributed by atoms with Gasteiger partial charge in [0.25, 0.3) is 5.91 Å². The van der Waals surface area contributed by atoms with E-state index in [1.54, 1.807) is 24.0 Å². The highest BCUT2D eigenvalue weighted by molar-refractivity contribution is 5.99. The smallest absolute Gasteiger partial charge is 0.259 e. The second-order valence-electron chi connectivity index (χ2n) is 3.83. The number of hydrogen-bond donors (Lipinski definition) is 3. The molecule has 0 saturated heterocycles. The maximum Gasteiger partial charge on any atom is 0.259 e. The van der Waals surface area contributed by atoms with Crippen molar-refractivity contribution in [1.82, 2.24) is 15.1 Å². The number of rotatable bonds is 3. The zero-order chi connectivity index (χ0) is 13.1. The number of aryl methyl sites for hydroxylation is 1. The maximum atomic E-state index is 11.8. The van der Waals surface area contributed by atoms with Crippen LogP contribution >= 0.6 is 0 Å². The van der Waals surface area contributed by atoms with Gasteiger partial charge in [-0.05, 0) is 18.2 Å². The minimum atomic E-state index is -0.545. The van der Waals surface area contributed by atoms with E-state index in [0.717, 1.165) is 0 Å². The van der Waals surface area contributed by atoms with E-state index in [1.807, 2.05) is 0 Å². The quantitative estimate of drug-likeness (QED) is 0.747. The molecule has 1 amide bonds. The second kappa shape index (κ2) is 4.79. The molecular formula is C12H13N3O3. The van der Waals surface area contributed by atoms with Crippen LogP contribution in [0.2, 0.25) is 0 Å². The molecule has 94 valence electrons. The van der Waals surface area contributed by atoms with Crippen LogP contribution in [0.4, 0.5) is 0 Å². The average Bonchev–Trinajstić information content (AvgIpc) is 2.72. The highest BCUT2D eigenvalue weighted by Gasteiger charge is 2.15. The van der Waals surface area contributed by atoms with Gasteiger partial charge in [-0.25, -0.2) is 0 Å². The third-order valence-electron chi connectivity index (χ3n) is 2.45. The van der Waals surface area contributed by atoms with E-state index in [9.17, 15) is 15.0 Å². The molecule has 0 fully saturated rings. The van der Waals surface area contributed by atoms with Crippen LogP contribution in [0, 0.1) is 0 Å². The van der Waals surface area contributed by atoms with Gasteiger partial charge in [-0.2, -0.15) is 5.10 Å². The van der Waals surface area contributed by atoms with Crippen LogP contribution in [0.15, 0.2) is 30.5 Å². The lowest BCUT2D eigenvalue weighted by Gasteiger charge is -2.07.